The van der Waals surface area contributed by atoms with Crippen molar-refractivity contribution in [2.45, 2.75) is 19.8 Å². The van der Waals surface area contributed by atoms with Gasteiger partial charge < -0.3 is 10.2 Å². The zero-order chi connectivity index (χ0) is 12.7. The summed E-state index contributed by atoms with van der Waals surface area (Å²) in [7, 11) is 4.26. The molecule has 98 valence electrons. The molecule has 0 aliphatic rings. The minimum absolute atomic E-state index is 0.764. The molecule has 0 aliphatic heterocycles. The van der Waals surface area contributed by atoms with E-state index in [1.54, 1.807) is 0 Å². The Morgan fingerprint density at radius 1 is 1.47 bits per heavy atom. The van der Waals surface area contributed by atoms with Gasteiger partial charge in [0.25, 0.3) is 0 Å². The van der Waals surface area contributed by atoms with Crippen molar-refractivity contribution < 1.29 is 0 Å². The van der Waals surface area contributed by atoms with Gasteiger partial charge in [-0.1, -0.05) is 13.3 Å². The average molecular weight is 319 g/mol. The lowest BCUT2D eigenvalue weighted by Crippen LogP contribution is -2.32. The molecule has 0 fully saturated rings. The molecule has 0 amide bonds. The highest BCUT2D eigenvalue weighted by Crippen LogP contribution is 2.22. The van der Waals surface area contributed by atoms with E-state index in [4.69, 9.17) is 0 Å². The highest BCUT2D eigenvalue weighted by molar-refractivity contribution is 9.11. The summed E-state index contributed by atoms with van der Waals surface area (Å²) in [6.45, 7) is 5.72. The molecule has 0 aliphatic carbocycles. The first-order chi connectivity index (χ1) is 8.15. The lowest BCUT2D eigenvalue weighted by molar-refractivity contribution is 0.271. The summed E-state index contributed by atoms with van der Waals surface area (Å²) in [5.41, 5.74) is 0. The fourth-order valence-electron chi connectivity index (χ4n) is 1.95. The molecule has 1 rings (SSSR count). The molecule has 0 bridgehead atoms. The molecule has 4 heteroatoms. The molecule has 1 aromatic rings. The highest BCUT2D eigenvalue weighted by atomic mass is 79.9. The minimum atomic E-state index is 0.764. The van der Waals surface area contributed by atoms with Crippen LogP contribution in [-0.4, -0.2) is 38.6 Å². The van der Waals surface area contributed by atoms with E-state index in [2.05, 4.69) is 52.3 Å². The van der Waals surface area contributed by atoms with Gasteiger partial charge in [-0.05, 0) is 61.0 Å². The maximum atomic E-state index is 3.51. The molecule has 1 unspecified atom stereocenters. The molecule has 0 saturated heterocycles. The molecule has 17 heavy (non-hydrogen) atoms. The van der Waals surface area contributed by atoms with Crippen molar-refractivity contribution in [1.82, 2.24) is 10.2 Å². The Hall–Kier alpha value is 0.1000. The number of rotatable bonds is 8. The van der Waals surface area contributed by atoms with Crippen LogP contribution in [0.1, 0.15) is 18.2 Å². The molecular formula is C13H23BrN2S. The molecule has 0 spiro atoms. The molecular weight excluding hydrogens is 296 g/mol. The topological polar surface area (TPSA) is 15.3 Å². The second-order valence-electron chi connectivity index (χ2n) is 4.55. The van der Waals surface area contributed by atoms with E-state index in [1.807, 2.05) is 18.4 Å². The minimum Gasteiger partial charge on any atom is -0.319 e. The Kier molecular flexibility index (Phi) is 7.35. The summed E-state index contributed by atoms with van der Waals surface area (Å²) in [6.07, 6.45) is 2.40. The molecule has 0 aromatic carbocycles. The van der Waals surface area contributed by atoms with Crippen molar-refractivity contribution in [3.05, 3.63) is 20.8 Å². The van der Waals surface area contributed by atoms with Gasteiger partial charge in [0, 0.05) is 18.0 Å². The molecule has 1 aromatic heterocycles. The smallest absolute Gasteiger partial charge is 0.0701 e. The van der Waals surface area contributed by atoms with Crippen LogP contribution < -0.4 is 5.32 Å². The zero-order valence-electron chi connectivity index (χ0n) is 11.0. The van der Waals surface area contributed by atoms with Gasteiger partial charge in [-0.2, -0.15) is 0 Å². The number of likely N-dealkylation sites (N-methyl/N-ethyl adjacent to an activating group) is 1. The number of nitrogens with zero attached hydrogens (tertiary/aromatic N) is 1. The van der Waals surface area contributed by atoms with Gasteiger partial charge in [0.15, 0.2) is 0 Å². The van der Waals surface area contributed by atoms with E-state index in [-0.39, 0.29) is 0 Å². The summed E-state index contributed by atoms with van der Waals surface area (Å²) >= 11 is 5.35. The summed E-state index contributed by atoms with van der Waals surface area (Å²) in [5, 5.41) is 3.27. The zero-order valence-corrected chi connectivity index (χ0v) is 13.4. The van der Waals surface area contributed by atoms with Crippen molar-refractivity contribution >= 4 is 27.3 Å². The Labute approximate surface area is 118 Å². The van der Waals surface area contributed by atoms with Crippen LogP contribution in [0.4, 0.5) is 0 Å². The van der Waals surface area contributed by atoms with Crippen molar-refractivity contribution in [2.24, 2.45) is 5.92 Å². The number of hydrogen-bond donors (Lipinski definition) is 1. The van der Waals surface area contributed by atoms with Crippen molar-refractivity contribution in [3.63, 3.8) is 0 Å². The van der Waals surface area contributed by atoms with E-state index in [0.29, 0.717) is 0 Å². The Morgan fingerprint density at radius 2 is 2.24 bits per heavy atom. The van der Waals surface area contributed by atoms with Gasteiger partial charge in [-0.3, -0.25) is 0 Å². The average Bonchev–Trinajstić information content (AvgIpc) is 2.72. The van der Waals surface area contributed by atoms with Gasteiger partial charge in [-0.15, -0.1) is 11.3 Å². The van der Waals surface area contributed by atoms with E-state index in [9.17, 15) is 0 Å². The number of nitrogens with one attached hydrogen (secondary N) is 1. The highest BCUT2D eigenvalue weighted by Gasteiger charge is 2.09. The molecule has 1 N–H and O–H groups in total. The van der Waals surface area contributed by atoms with Gasteiger partial charge in [-0.25, -0.2) is 0 Å². The fourth-order valence-corrected chi connectivity index (χ4v) is 3.42. The first-order valence-corrected chi connectivity index (χ1v) is 7.84. The van der Waals surface area contributed by atoms with Crippen LogP contribution in [0.5, 0.6) is 0 Å². The lowest BCUT2D eigenvalue weighted by atomic mass is 10.1. The van der Waals surface area contributed by atoms with Gasteiger partial charge >= 0.3 is 0 Å². The van der Waals surface area contributed by atoms with Crippen LogP contribution >= 0.6 is 27.3 Å². The van der Waals surface area contributed by atoms with Crippen LogP contribution in [-0.2, 0) is 6.42 Å². The quantitative estimate of drug-likeness (QED) is 0.791. The predicted molar refractivity (Wildman–Crippen MR) is 80.9 cm³/mol. The van der Waals surface area contributed by atoms with E-state index < -0.39 is 0 Å². The molecule has 1 heterocycles. The summed E-state index contributed by atoms with van der Waals surface area (Å²) in [6, 6.07) is 4.35. The van der Waals surface area contributed by atoms with Gasteiger partial charge in [0.1, 0.15) is 0 Å². The monoisotopic (exact) mass is 318 g/mol. The Balaban J connectivity index is 2.26. The summed E-state index contributed by atoms with van der Waals surface area (Å²) in [4.78, 5) is 3.91. The summed E-state index contributed by atoms with van der Waals surface area (Å²) < 4.78 is 1.23. The van der Waals surface area contributed by atoms with Crippen molar-refractivity contribution in [3.8, 4) is 0 Å². The fraction of sp³-hybridized carbons (Fsp3) is 0.692. The standard InChI is InChI=1S/C13H23BrN2S/c1-4-11(9-15-2)10-16(3)8-7-12-5-6-13(14)17-12/h5-6,11,15H,4,7-10H2,1-3H3. The van der Waals surface area contributed by atoms with Crippen molar-refractivity contribution in [2.75, 3.05) is 33.7 Å². The third kappa shape index (κ3) is 6.00. The van der Waals surface area contributed by atoms with Gasteiger partial charge in [0.2, 0.25) is 0 Å². The van der Waals surface area contributed by atoms with Crippen LogP contribution in [0.2, 0.25) is 0 Å². The first kappa shape index (κ1) is 15.2. The maximum Gasteiger partial charge on any atom is 0.0701 e. The molecule has 2 nitrogen and oxygen atoms in total. The van der Waals surface area contributed by atoms with Crippen LogP contribution in [0.3, 0.4) is 0 Å². The third-order valence-electron chi connectivity index (χ3n) is 3.01. The van der Waals surface area contributed by atoms with E-state index in [1.165, 1.54) is 21.6 Å². The Bertz CT molecular complexity index is 314. The third-order valence-corrected chi connectivity index (χ3v) is 4.69. The predicted octanol–water partition coefficient (Wildman–Crippen LogP) is 3.23. The van der Waals surface area contributed by atoms with Crippen LogP contribution in [0.25, 0.3) is 0 Å². The van der Waals surface area contributed by atoms with Crippen molar-refractivity contribution in [1.29, 1.82) is 0 Å². The second-order valence-corrected chi connectivity index (χ2v) is 7.10. The number of hydrogen-bond acceptors (Lipinski definition) is 3. The summed E-state index contributed by atoms with van der Waals surface area (Å²) in [5.74, 6) is 0.764. The Morgan fingerprint density at radius 3 is 2.76 bits per heavy atom. The SMILES string of the molecule is CCC(CNC)CN(C)CCc1ccc(Br)s1. The van der Waals surface area contributed by atoms with E-state index >= 15 is 0 Å². The molecule has 0 saturated carbocycles. The number of halogens is 1. The first-order valence-electron chi connectivity index (χ1n) is 6.23. The number of thiophene rings is 1. The van der Waals surface area contributed by atoms with Crippen LogP contribution in [0, 0.1) is 5.92 Å². The lowest BCUT2D eigenvalue weighted by Gasteiger charge is -2.22. The van der Waals surface area contributed by atoms with Gasteiger partial charge in [0.05, 0.1) is 3.79 Å². The normalized spacial score (nSPS) is 13.2. The van der Waals surface area contributed by atoms with E-state index in [0.717, 1.165) is 25.4 Å². The maximum absolute atomic E-state index is 3.51. The van der Waals surface area contributed by atoms with Crippen LogP contribution in [0.15, 0.2) is 15.9 Å². The molecule has 1 atom stereocenters. The second kappa shape index (κ2) is 8.25. The largest absolute Gasteiger partial charge is 0.319 e. The molecule has 0 radical (unpaired) electrons.